The first-order chi connectivity index (χ1) is 10.0. The SMILES string of the molecule is NCc1ccc(S(=O)(=O)NCCC2CCCCC2)c(F)c1. The minimum absolute atomic E-state index is 0.187. The predicted octanol–water partition coefficient (Wildman–Crippen LogP) is 2.53. The van der Waals surface area contributed by atoms with E-state index in [0.29, 0.717) is 18.0 Å². The van der Waals surface area contributed by atoms with Crippen LogP contribution in [0.5, 0.6) is 0 Å². The standard InChI is InChI=1S/C15H23FN2O2S/c16-14-10-13(11-17)6-7-15(14)21(19,20)18-9-8-12-4-2-1-3-5-12/h6-7,10,12,18H,1-5,8-9,11,17H2. The van der Waals surface area contributed by atoms with E-state index in [0.717, 1.165) is 6.42 Å². The van der Waals surface area contributed by atoms with Crippen molar-refractivity contribution in [2.45, 2.75) is 50.0 Å². The molecule has 1 aliphatic rings. The molecular formula is C15H23FN2O2S. The second kappa shape index (κ2) is 7.33. The van der Waals surface area contributed by atoms with Crippen LogP contribution in [0.1, 0.15) is 44.1 Å². The lowest BCUT2D eigenvalue weighted by molar-refractivity contribution is 0.339. The largest absolute Gasteiger partial charge is 0.326 e. The van der Waals surface area contributed by atoms with Crippen LogP contribution >= 0.6 is 0 Å². The van der Waals surface area contributed by atoms with Crippen molar-refractivity contribution in [3.8, 4) is 0 Å². The normalized spacial score (nSPS) is 17.0. The highest BCUT2D eigenvalue weighted by Crippen LogP contribution is 2.26. The number of hydrogen-bond donors (Lipinski definition) is 2. The molecule has 0 heterocycles. The molecule has 1 aromatic carbocycles. The fourth-order valence-electron chi connectivity index (χ4n) is 2.84. The van der Waals surface area contributed by atoms with E-state index < -0.39 is 15.8 Å². The van der Waals surface area contributed by atoms with E-state index in [-0.39, 0.29) is 11.4 Å². The minimum Gasteiger partial charge on any atom is -0.326 e. The second-order valence-electron chi connectivity index (χ2n) is 5.66. The summed E-state index contributed by atoms with van der Waals surface area (Å²) in [7, 11) is -3.78. The molecule has 0 radical (unpaired) electrons. The van der Waals surface area contributed by atoms with Crippen LogP contribution in [0.2, 0.25) is 0 Å². The summed E-state index contributed by atoms with van der Waals surface area (Å²) >= 11 is 0. The molecule has 3 N–H and O–H groups in total. The predicted molar refractivity (Wildman–Crippen MR) is 80.7 cm³/mol. The lowest BCUT2D eigenvalue weighted by Gasteiger charge is -2.21. The van der Waals surface area contributed by atoms with Crippen LogP contribution < -0.4 is 10.5 Å². The summed E-state index contributed by atoms with van der Waals surface area (Å²) < 4.78 is 40.6. The molecule has 0 aromatic heterocycles. The molecule has 0 atom stereocenters. The Bertz CT molecular complexity index is 569. The Labute approximate surface area is 126 Å². The maximum Gasteiger partial charge on any atom is 0.243 e. The summed E-state index contributed by atoms with van der Waals surface area (Å²) in [5.41, 5.74) is 5.99. The molecule has 1 saturated carbocycles. The number of nitrogens with two attached hydrogens (primary N) is 1. The van der Waals surface area contributed by atoms with E-state index in [4.69, 9.17) is 5.73 Å². The van der Waals surface area contributed by atoms with Gasteiger partial charge in [0.25, 0.3) is 0 Å². The zero-order valence-corrected chi connectivity index (χ0v) is 13.0. The van der Waals surface area contributed by atoms with Crippen molar-refractivity contribution in [3.63, 3.8) is 0 Å². The van der Waals surface area contributed by atoms with Gasteiger partial charge in [-0.3, -0.25) is 0 Å². The topological polar surface area (TPSA) is 72.2 Å². The highest BCUT2D eigenvalue weighted by atomic mass is 32.2. The van der Waals surface area contributed by atoms with Crippen LogP contribution in [0.4, 0.5) is 4.39 Å². The van der Waals surface area contributed by atoms with Crippen molar-refractivity contribution >= 4 is 10.0 Å². The van der Waals surface area contributed by atoms with Crippen LogP contribution in [0.25, 0.3) is 0 Å². The summed E-state index contributed by atoms with van der Waals surface area (Å²) in [6, 6.07) is 3.99. The minimum atomic E-state index is -3.78. The van der Waals surface area contributed by atoms with Crippen molar-refractivity contribution < 1.29 is 12.8 Å². The molecule has 0 amide bonds. The third-order valence-electron chi connectivity index (χ3n) is 4.09. The van der Waals surface area contributed by atoms with Crippen molar-refractivity contribution in [2.75, 3.05) is 6.54 Å². The lowest BCUT2D eigenvalue weighted by atomic mass is 9.87. The molecule has 1 aromatic rings. The van der Waals surface area contributed by atoms with Crippen molar-refractivity contribution in [1.82, 2.24) is 4.72 Å². The number of nitrogens with one attached hydrogen (secondary N) is 1. The van der Waals surface area contributed by atoms with Crippen molar-refractivity contribution in [1.29, 1.82) is 0 Å². The molecule has 0 spiro atoms. The Balaban J connectivity index is 1.94. The van der Waals surface area contributed by atoms with Gasteiger partial charge in [0.05, 0.1) is 0 Å². The zero-order chi connectivity index (χ0) is 15.3. The molecule has 6 heteroatoms. The molecule has 0 saturated heterocycles. The molecule has 1 aliphatic carbocycles. The molecule has 118 valence electrons. The highest BCUT2D eigenvalue weighted by Gasteiger charge is 2.20. The van der Waals surface area contributed by atoms with Gasteiger partial charge >= 0.3 is 0 Å². The van der Waals surface area contributed by atoms with Gasteiger partial charge in [0.2, 0.25) is 10.0 Å². The molecule has 0 aliphatic heterocycles. The number of sulfonamides is 1. The lowest BCUT2D eigenvalue weighted by Crippen LogP contribution is -2.27. The van der Waals surface area contributed by atoms with E-state index >= 15 is 0 Å². The van der Waals surface area contributed by atoms with Gasteiger partial charge in [-0.2, -0.15) is 0 Å². The number of rotatable bonds is 6. The van der Waals surface area contributed by atoms with Crippen LogP contribution in [0.3, 0.4) is 0 Å². The molecule has 21 heavy (non-hydrogen) atoms. The summed E-state index contributed by atoms with van der Waals surface area (Å²) in [6.07, 6.45) is 6.89. The van der Waals surface area contributed by atoms with Crippen LogP contribution in [0.15, 0.2) is 23.1 Å². The third-order valence-corrected chi connectivity index (χ3v) is 5.59. The van der Waals surface area contributed by atoms with Crippen molar-refractivity contribution in [3.05, 3.63) is 29.6 Å². The molecule has 1 fully saturated rings. The van der Waals surface area contributed by atoms with Gasteiger partial charge in [-0.1, -0.05) is 38.2 Å². The van der Waals surface area contributed by atoms with E-state index in [1.165, 1.54) is 44.2 Å². The van der Waals surface area contributed by atoms with Gasteiger partial charge in [-0.25, -0.2) is 17.5 Å². The smallest absolute Gasteiger partial charge is 0.243 e. The number of hydrogen-bond acceptors (Lipinski definition) is 3. The summed E-state index contributed by atoms with van der Waals surface area (Å²) in [6.45, 7) is 0.553. The molecule has 4 nitrogen and oxygen atoms in total. The highest BCUT2D eigenvalue weighted by molar-refractivity contribution is 7.89. The second-order valence-corrected chi connectivity index (χ2v) is 7.39. The average Bonchev–Trinajstić information content (AvgIpc) is 2.47. The number of benzene rings is 1. The zero-order valence-electron chi connectivity index (χ0n) is 12.1. The average molecular weight is 314 g/mol. The maximum absolute atomic E-state index is 13.8. The Kier molecular flexibility index (Phi) is 5.72. The Morgan fingerprint density at radius 1 is 1.24 bits per heavy atom. The summed E-state index contributed by atoms with van der Waals surface area (Å²) in [5, 5.41) is 0. The summed E-state index contributed by atoms with van der Waals surface area (Å²) in [4.78, 5) is -0.302. The van der Waals surface area contributed by atoms with Crippen LogP contribution in [-0.4, -0.2) is 15.0 Å². The molecule has 0 bridgehead atoms. The van der Waals surface area contributed by atoms with Crippen molar-refractivity contribution in [2.24, 2.45) is 11.7 Å². The first kappa shape index (κ1) is 16.4. The van der Waals surface area contributed by atoms with Gasteiger partial charge in [0.15, 0.2) is 0 Å². The maximum atomic E-state index is 13.8. The first-order valence-electron chi connectivity index (χ1n) is 7.51. The van der Waals surface area contributed by atoms with E-state index in [1.807, 2.05) is 0 Å². The van der Waals surface area contributed by atoms with E-state index in [2.05, 4.69) is 4.72 Å². The summed E-state index contributed by atoms with van der Waals surface area (Å²) in [5.74, 6) is -0.158. The fourth-order valence-corrected chi connectivity index (χ4v) is 3.95. The van der Waals surface area contributed by atoms with Gasteiger partial charge in [-0.15, -0.1) is 0 Å². The van der Waals surface area contributed by atoms with Gasteiger partial charge in [0, 0.05) is 13.1 Å². The van der Waals surface area contributed by atoms with E-state index in [9.17, 15) is 12.8 Å². The third kappa shape index (κ3) is 4.49. The Hall–Kier alpha value is -0.980. The van der Waals surface area contributed by atoms with Gasteiger partial charge < -0.3 is 5.73 Å². The fraction of sp³-hybridized carbons (Fsp3) is 0.600. The van der Waals surface area contributed by atoms with Gasteiger partial charge in [-0.05, 0) is 30.0 Å². The molecular weight excluding hydrogens is 291 g/mol. The Morgan fingerprint density at radius 3 is 2.57 bits per heavy atom. The quantitative estimate of drug-likeness (QED) is 0.847. The monoisotopic (exact) mass is 314 g/mol. The molecule has 2 rings (SSSR count). The first-order valence-corrected chi connectivity index (χ1v) is 8.99. The van der Waals surface area contributed by atoms with Crippen LogP contribution in [-0.2, 0) is 16.6 Å². The Morgan fingerprint density at radius 2 is 1.95 bits per heavy atom. The number of halogens is 1. The van der Waals surface area contributed by atoms with Crippen LogP contribution in [0, 0.1) is 11.7 Å². The van der Waals surface area contributed by atoms with Gasteiger partial charge in [0.1, 0.15) is 10.7 Å². The molecule has 0 unspecified atom stereocenters. The van der Waals surface area contributed by atoms with E-state index in [1.54, 1.807) is 6.07 Å².